The minimum Gasteiger partial charge on any atom is -0.340 e. The summed E-state index contributed by atoms with van der Waals surface area (Å²) >= 11 is 0. The van der Waals surface area contributed by atoms with Crippen molar-refractivity contribution < 1.29 is 4.79 Å². The van der Waals surface area contributed by atoms with Gasteiger partial charge in [-0.15, -0.1) is 0 Å². The van der Waals surface area contributed by atoms with Crippen LogP contribution in [0.25, 0.3) is 0 Å². The molecule has 1 aliphatic carbocycles. The number of aromatic nitrogens is 3. The highest BCUT2D eigenvalue weighted by Crippen LogP contribution is 2.36. The SMILES string of the molecule is Cn1cnc2c(c1=O)CCN(C(=O)c1cccn1C1CC1)C2. The second kappa shape index (κ2) is 4.83. The molecule has 2 aromatic rings. The van der Waals surface area contributed by atoms with E-state index in [9.17, 15) is 9.59 Å². The van der Waals surface area contributed by atoms with Crippen LogP contribution >= 0.6 is 0 Å². The maximum atomic E-state index is 12.8. The molecule has 6 nitrogen and oxygen atoms in total. The summed E-state index contributed by atoms with van der Waals surface area (Å²) in [5.74, 6) is 0.0324. The van der Waals surface area contributed by atoms with Crippen molar-refractivity contribution >= 4 is 5.91 Å². The van der Waals surface area contributed by atoms with E-state index >= 15 is 0 Å². The van der Waals surface area contributed by atoms with Gasteiger partial charge in [0.1, 0.15) is 5.69 Å². The first-order valence-corrected chi connectivity index (χ1v) is 7.64. The summed E-state index contributed by atoms with van der Waals surface area (Å²) in [7, 11) is 1.70. The number of hydrogen-bond acceptors (Lipinski definition) is 3. The molecule has 3 heterocycles. The van der Waals surface area contributed by atoms with Crippen LogP contribution in [0.3, 0.4) is 0 Å². The number of nitrogens with zero attached hydrogens (tertiary/aromatic N) is 4. The van der Waals surface area contributed by atoms with E-state index in [0.29, 0.717) is 25.6 Å². The number of amides is 1. The molecule has 0 saturated heterocycles. The lowest BCUT2D eigenvalue weighted by molar-refractivity contribution is 0.0720. The van der Waals surface area contributed by atoms with Crippen LogP contribution in [-0.2, 0) is 20.0 Å². The summed E-state index contributed by atoms with van der Waals surface area (Å²) < 4.78 is 3.57. The van der Waals surface area contributed by atoms with E-state index in [0.717, 1.165) is 29.8 Å². The van der Waals surface area contributed by atoms with E-state index in [4.69, 9.17) is 0 Å². The first kappa shape index (κ1) is 13.3. The molecular formula is C16H18N4O2. The second-order valence-corrected chi connectivity index (χ2v) is 6.09. The van der Waals surface area contributed by atoms with Gasteiger partial charge in [0.15, 0.2) is 0 Å². The minimum absolute atomic E-state index is 0.00143. The van der Waals surface area contributed by atoms with Crippen molar-refractivity contribution in [3.8, 4) is 0 Å². The van der Waals surface area contributed by atoms with Crippen LogP contribution < -0.4 is 5.56 Å². The average Bonchev–Trinajstić information content (AvgIpc) is 3.27. The number of aryl methyl sites for hydroxylation is 1. The Morgan fingerprint density at radius 1 is 1.36 bits per heavy atom. The van der Waals surface area contributed by atoms with E-state index in [-0.39, 0.29) is 11.5 Å². The summed E-state index contributed by atoms with van der Waals surface area (Å²) in [5, 5.41) is 0. The molecule has 0 radical (unpaired) electrons. The Morgan fingerprint density at radius 3 is 2.95 bits per heavy atom. The van der Waals surface area contributed by atoms with Gasteiger partial charge in [-0.1, -0.05) is 0 Å². The van der Waals surface area contributed by atoms with Crippen molar-refractivity contribution in [1.29, 1.82) is 0 Å². The number of carbonyl (C=O) groups is 1. The molecule has 1 saturated carbocycles. The molecule has 22 heavy (non-hydrogen) atoms. The molecule has 0 N–H and O–H groups in total. The fourth-order valence-corrected chi connectivity index (χ4v) is 3.10. The van der Waals surface area contributed by atoms with Gasteiger partial charge < -0.3 is 14.0 Å². The molecule has 0 aromatic carbocycles. The highest BCUT2D eigenvalue weighted by atomic mass is 16.2. The molecule has 2 aromatic heterocycles. The number of fused-ring (bicyclic) bond motifs is 1. The average molecular weight is 298 g/mol. The lowest BCUT2D eigenvalue weighted by atomic mass is 10.1. The van der Waals surface area contributed by atoms with Crippen LogP contribution in [-0.4, -0.2) is 31.5 Å². The molecule has 1 fully saturated rings. The van der Waals surface area contributed by atoms with Gasteiger partial charge >= 0.3 is 0 Å². The van der Waals surface area contributed by atoms with E-state index in [1.54, 1.807) is 11.9 Å². The number of carbonyl (C=O) groups excluding carboxylic acids is 1. The molecule has 0 bridgehead atoms. The molecule has 0 spiro atoms. The first-order valence-electron chi connectivity index (χ1n) is 7.64. The molecular weight excluding hydrogens is 280 g/mol. The van der Waals surface area contributed by atoms with Gasteiger partial charge in [-0.2, -0.15) is 0 Å². The third-order valence-corrected chi connectivity index (χ3v) is 4.51. The zero-order valence-corrected chi connectivity index (χ0v) is 12.5. The predicted molar refractivity (Wildman–Crippen MR) is 80.6 cm³/mol. The van der Waals surface area contributed by atoms with E-state index in [1.165, 1.54) is 10.9 Å². The van der Waals surface area contributed by atoms with Gasteiger partial charge in [-0.3, -0.25) is 9.59 Å². The van der Waals surface area contributed by atoms with E-state index < -0.39 is 0 Å². The maximum absolute atomic E-state index is 12.8. The zero-order chi connectivity index (χ0) is 15.3. The maximum Gasteiger partial charge on any atom is 0.270 e. The van der Waals surface area contributed by atoms with Crippen molar-refractivity contribution in [1.82, 2.24) is 19.0 Å². The second-order valence-electron chi connectivity index (χ2n) is 6.09. The summed E-state index contributed by atoms with van der Waals surface area (Å²) in [6.45, 7) is 0.989. The molecule has 4 rings (SSSR count). The van der Waals surface area contributed by atoms with Crippen molar-refractivity contribution in [3.63, 3.8) is 0 Å². The lowest BCUT2D eigenvalue weighted by Gasteiger charge is -2.28. The molecule has 1 aliphatic heterocycles. The zero-order valence-electron chi connectivity index (χ0n) is 12.5. The Balaban J connectivity index is 1.62. The largest absolute Gasteiger partial charge is 0.340 e. The van der Waals surface area contributed by atoms with Gasteiger partial charge in [0.25, 0.3) is 11.5 Å². The van der Waals surface area contributed by atoms with Crippen LogP contribution in [0.5, 0.6) is 0 Å². The quantitative estimate of drug-likeness (QED) is 0.834. The lowest BCUT2D eigenvalue weighted by Crippen LogP contribution is -2.40. The minimum atomic E-state index is -0.00143. The van der Waals surface area contributed by atoms with Gasteiger partial charge in [-0.05, 0) is 31.4 Å². The Labute approximate surface area is 128 Å². The van der Waals surface area contributed by atoms with Crippen LogP contribution in [0.1, 0.15) is 40.6 Å². The molecule has 2 aliphatic rings. The Kier molecular flexibility index (Phi) is 2.92. The normalized spacial score (nSPS) is 17.4. The number of hydrogen-bond donors (Lipinski definition) is 0. The molecule has 0 unspecified atom stereocenters. The van der Waals surface area contributed by atoms with Crippen LogP contribution in [0.2, 0.25) is 0 Å². The molecule has 1 amide bonds. The van der Waals surface area contributed by atoms with Crippen molar-refractivity contribution in [3.05, 3.63) is 52.0 Å². The fourth-order valence-electron chi connectivity index (χ4n) is 3.10. The molecule has 0 atom stereocenters. The van der Waals surface area contributed by atoms with Gasteiger partial charge in [0.05, 0.1) is 18.6 Å². The van der Waals surface area contributed by atoms with Crippen molar-refractivity contribution in [2.24, 2.45) is 7.05 Å². The van der Waals surface area contributed by atoms with Crippen molar-refractivity contribution in [2.75, 3.05) is 6.54 Å². The topological polar surface area (TPSA) is 60.1 Å². The van der Waals surface area contributed by atoms with Gasteiger partial charge in [0.2, 0.25) is 0 Å². The fraction of sp³-hybridized carbons (Fsp3) is 0.438. The van der Waals surface area contributed by atoms with Gasteiger partial charge in [0, 0.05) is 31.4 Å². The summed E-state index contributed by atoms with van der Waals surface area (Å²) in [4.78, 5) is 31.0. The Morgan fingerprint density at radius 2 is 2.18 bits per heavy atom. The standard InChI is InChI=1S/C16H18N4O2/c1-18-10-17-13-9-19(8-6-12(13)15(18)21)16(22)14-3-2-7-20(14)11-4-5-11/h2-3,7,10-11H,4-6,8-9H2,1H3. The monoisotopic (exact) mass is 298 g/mol. The van der Waals surface area contributed by atoms with E-state index in [2.05, 4.69) is 9.55 Å². The molecule has 114 valence electrons. The summed E-state index contributed by atoms with van der Waals surface area (Å²) in [5.41, 5.74) is 2.21. The Bertz CT molecular complexity index is 801. The molecule has 6 heteroatoms. The van der Waals surface area contributed by atoms with Gasteiger partial charge in [-0.25, -0.2) is 4.98 Å². The van der Waals surface area contributed by atoms with Crippen molar-refractivity contribution in [2.45, 2.75) is 31.8 Å². The third kappa shape index (κ3) is 2.06. The third-order valence-electron chi connectivity index (χ3n) is 4.51. The van der Waals surface area contributed by atoms with Crippen LogP contribution in [0.4, 0.5) is 0 Å². The highest BCUT2D eigenvalue weighted by molar-refractivity contribution is 5.93. The summed E-state index contributed by atoms with van der Waals surface area (Å²) in [6, 6.07) is 4.29. The Hall–Kier alpha value is -2.37. The highest BCUT2D eigenvalue weighted by Gasteiger charge is 2.30. The van der Waals surface area contributed by atoms with Crippen LogP contribution in [0.15, 0.2) is 29.5 Å². The predicted octanol–water partition coefficient (Wildman–Crippen LogP) is 1.12. The summed E-state index contributed by atoms with van der Waals surface area (Å²) in [6.07, 6.45) is 6.38. The number of rotatable bonds is 2. The van der Waals surface area contributed by atoms with E-state index in [1.807, 2.05) is 18.3 Å². The van der Waals surface area contributed by atoms with Crippen LogP contribution in [0, 0.1) is 0 Å². The smallest absolute Gasteiger partial charge is 0.270 e. The first-order chi connectivity index (χ1) is 10.6.